The van der Waals surface area contributed by atoms with Crippen LogP contribution in [0, 0.1) is 6.92 Å². The van der Waals surface area contributed by atoms with Gasteiger partial charge in [0.15, 0.2) is 5.82 Å². The first-order valence-corrected chi connectivity index (χ1v) is 5.92. The van der Waals surface area contributed by atoms with Gasteiger partial charge in [-0.05, 0) is 13.8 Å². The van der Waals surface area contributed by atoms with Crippen LogP contribution in [0.15, 0.2) is 23.3 Å². The summed E-state index contributed by atoms with van der Waals surface area (Å²) in [6.07, 6.45) is 3.54. The Hall–Kier alpha value is -2.11. The molecule has 0 atom stereocenters. The van der Waals surface area contributed by atoms with Gasteiger partial charge in [0, 0.05) is 37.7 Å². The van der Waals surface area contributed by atoms with Gasteiger partial charge in [0.1, 0.15) is 5.82 Å². The SMILES string of the molecule is CCn1ccn(Cc2nc(C)cc(NC)n2)c1=O. The van der Waals surface area contributed by atoms with Gasteiger partial charge < -0.3 is 5.32 Å². The quantitative estimate of drug-likeness (QED) is 0.870. The number of imidazole rings is 1. The van der Waals surface area contributed by atoms with E-state index >= 15 is 0 Å². The van der Waals surface area contributed by atoms with E-state index in [1.807, 2.05) is 27.0 Å². The molecule has 0 radical (unpaired) electrons. The Morgan fingerprint density at radius 3 is 2.61 bits per heavy atom. The first kappa shape index (κ1) is 12.3. The Kier molecular flexibility index (Phi) is 3.45. The molecule has 2 aromatic heterocycles. The van der Waals surface area contributed by atoms with E-state index in [2.05, 4.69) is 15.3 Å². The zero-order chi connectivity index (χ0) is 13.1. The number of hydrogen-bond donors (Lipinski definition) is 1. The third kappa shape index (κ3) is 2.42. The fourth-order valence-corrected chi connectivity index (χ4v) is 1.80. The zero-order valence-electron chi connectivity index (χ0n) is 10.8. The van der Waals surface area contributed by atoms with Gasteiger partial charge in [0.05, 0.1) is 6.54 Å². The summed E-state index contributed by atoms with van der Waals surface area (Å²) in [6, 6.07) is 1.86. The van der Waals surface area contributed by atoms with E-state index in [0.717, 1.165) is 11.5 Å². The molecule has 0 saturated carbocycles. The highest BCUT2D eigenvalue weighted by atomic mass is 16.1. The minimum absolute atomic E-state index is 0.0337. The predicted octanol–water partition coefficient (Wildman–Crippen LogP) is 0.858. The molecule has 2 aromatic rings. The summed E-state index contributed by atoms with van der Waals surface area (Å²) < 4.78 is 3.26. The summed E-state index contributed by atoms with van der Waals surface area (Å²) >= 11 is 0. The summed E-state index contributed by atoms with van der Waals surface area (Å²) in [5.41, 5.74) is 0.848. The number of nitrogens with one attached hydrogen (secondary N) is 1. The third-order valence-electron chi connectivity index (χ3n) is 2.73. The molecule has 96 valence electrons. The van der Waals surface area contributed by atoms with Crippen molar-refractivity contribution in [3.8, 4) is 0 Å². The van der Waals surface area contributed by atoms with Crippen LogP contribution in [0.2, 0.25) is 0 Å². The molecule has 0 aromatic carbocycles. The standard InChI is InChI=1S/C12H17N5O/c1-4-16-5-6-17(12(16)18)8-11-14-9(2)7-10(13-3)15-11/h5-7H,4,8H2,1-3H3,(H,13,14,15). The molecule has 0 spiro atoms. The van der Waals surface area contributed by atoms with Gasteiger partial charge in [-0.2, -0.15) is 0 Å². The summed E-state index contributed by atoms with van der Waals surface area (Å²) in [6.45, 7) is 4.91. The maximum atomic E-state index is 11.9. The van der Waals surface area contributed by atoms with E-state index in [0.29, 0.717) is 18.9 Å². The molecule has 0 bridgehead atoms. The van der Waals surface area contributed by atoms with E-state index < -0.39 is 0 Å². The average molecular weight is 247 g/mol. The second-order valence-electron chi connectivity index (χ2n) is 4.06. The van der Waals surface area contributed by atoms with Crippen LogP contribution < -0.4 is 11.0 Å². The Morgan fingerprint density at radius 1 is 1.28 bits per heavy atom. The van der Waals surface area contributed by atoms with Crippen molar-refractivity contribution in [2.75, 3.05) is 12.4 Å². The number of anilines is 1. The van der Waals surface area contributed by atoms with Gasteiger partial charge in [-0.25, -0.2) is 14.8 Å². The molecule has 0 aliphatic heterocycles. The Morgan fingerprint density at radius 2 is 2.00 bits per heavy atom. The molecule has 0 saturated heterocycles. The van der Waals surface area contributed by atoms with Crippen molar-refractivity contribution in [2.45, 2.75) is 26.9 Å². The van der Waals surface area contributed by atoms with Crippen molar-refractivity contribution in [1.82, 2.24) is 19.1 Å². The lowest BCUT2D eigenvalue weighted by Gasteiger charge is -2.05. The van der Waals surface area contributed by atoms with Crippen molar-refractivity contribution >= 4 is 5.82 Å². The van der Waals surface area contributed by atoms with Gasteiger partial charge in [-0.1, -0.05) is 0 Å². The van der Waals surface area contributed by atoms with Crippen molar-refractivity contribution in [2.24, 2.45) is 0 Å². The number of hydrogen-bond acceptors (Lipinski definition) is 4. The maximum absolute atomic E-state index is 11.9. The van der Waals surface area contributed by atoms with Crippen LogP contribution in [0.5, 0.6) is 0 Å². The summed E-state index contributed by atoms with van der Waals surface area (Å²) in [7, 11) is 1.81. The molecule has 6 nitrogen and oxygen atoms in total. The van der Waals surface area contributed by atoms with Gasteiger partial charge in [0.25, 0.3) is 0 Å². The molecule has 18 heavy (non-hydrogen) atoms. The van der Waals surface area contributed by atoms with Gasteiger partial charge in [-0.15, -0.1) is 0 Å². The summed E-state index contributed by atoms with van der Waals surface area (Å²) in [4.78, 5) is 20.6. The second kappa shape index (κ2) is 5.03. The first-order chi connectivity index (χ1) is 8.63. The molecular weight excluding hydrogens is 230 g/mol. The molecule has 2 rings (SSSR count). The minimum Gasteiger partial charge on any atom is -0.373 e. The van der Waals surface area contributed by atoms with Crippen LogP contribution in [0.3, 0.4) is 0 Å². The van der Waals surface area contributed by atoms with Crippen LogP contribution in [0.25, 0.3) is 0 Å². The highest BCUT2D eigenvalue weighted by Crippen LogP contribution is 2.05. The summed E-state index contributed by atoms with van der Waals surface area (Å²) in [5, 5.41) is 2.98. The van der Waals surface area contributed by atoms with E-state index in [1.165, 1.54) is 0 Å². The molecule has 0 aliphatic rings. The molecule has 0 aliphatic carbocycles. The lowest BCUT2D eigenvalue weighted by atomic mass is 10.4. The van der Waals surface area contributed by atoms with E-state index in [4.69, 9.17) is 0 Å². The van der Waals surface area contributed by atoms with Gasteiger partial charge >= 0.3 is 5.69 Å². The highest BCUT2D eigenvalue weighted by Gasteiger charge is 2.06. The fourth-order valence-electron chi connectivity index (χ4n) is 1.80. The van der Waals surface area contributed by atoms with E-state index in [9.17, 15) is 4.79 Å². The van der Waals surface area contributed by atoms with Crippen LogP contribution in [0.1, 0.15) is 18.4 Å². The van der Waals surface area contributed by atoms with Crippen LogP contribution >= 0.6 is 0 Å². The molecule has 0 amide bonds. The smallest absolute Gasteiger partial charge is 0.328 e. The van der Waals surface area contributed by atoms with Crippen molar-refractivity contribution < 1.29 is 0 Å². The van der Waals surface area contributed by atoms with Gasteiger partial charge in [0.2, 0.25) is 0 Å². The van der Waals surface area contributed by atoms with E-state index in [1.54, 1.807) is 21.5 Å². The van der Waals surface area contributed by atoms with E-state index in [-0.39, 0.29) is 5.69 Å². The fraction of sp³-hybridized carbons (Fsp3) is 0.417. The normalized spacial score (nSPS) is 10.6. The zero-order valence-corrected chi connectivity index (χ0v) is 10.8. The molecular formula is C12H17N5O. The summed E-state index contributed by atoms with van der Waals surface area (Å²) in [5.74, 6) is 1.40. The van der Waals surface area contributed by atoms with Crippen molar-refractivity contribution in [1.29, 1.82) is 0 Å². The largest absolute Gasteiger partial charge is 0.373 e. The minimum atomic E-state index is -0.0337. The molecule has 0 unspecified atom stereocenters. The maximum Gasteiger partial charge on any atom is 0.328 e. The Labute approximate surface area is 105 Å². The second-order valence-corrected chi connectivity index (χ2v) is 4.06. The average Bonchev–Trinajstić information content (AvgIpc) is 2.70. The lowest BCUT2D eigenvalue weighted by molar-refractivity contribution is 0.652. The number of nitrogens with zero attached hydrogens (tertiary/aromatic N) is 4. The molecule has 0 fully saturated rings. The first-order valence-electron chi connectivity index (χ1n) is 5.92. The predicted molar refractivity (Wildman–Crippen MR) is 69.8 cm³/mol. The highest BCUT2D eigenvalue weighted by molar-refractivity contribution is 5.34. The lowest BCUT2D eigenvalue weighted by Crippen LogP contribution is -2.24. The topological polar surface area (TPSA) is 64.7 Å². The Balaban J connectivity index is 2.30. The Bertz CT molecular complexity index is 599. The van der Waals surface area contributed by atoms with Crippen molar-refractivity contribution in [3.05, 3.63) is 40.5 Å². The van der Waals surface area contributed by atoms with Crippen molar-refractivity contribution in [3.63, 3.8) is 0 Å². The van der Waals surface area contributed by atoms with Crippen LogP contribution in [0.4, 0.5) is 5.82 Å². The number of aryl methyl sites for hydroxylation is 2. The van der Waals surface area contributed by atoms with Crippen LogP contribution in [-0.2, 0) is 13.1 Å². The number of aromatic nitrogens is 4. The molecule has 2 heterocycles. The molecule has 1 N–H and O–H groups in total. The van der Waals surface area contributed by atoms with Crippen LogP contribution in [-0.4, -0.2) is 26.1 Å². The number of rotatable bonds is 4. The monoisotopic (exact) mass is 247 g/mol. The third-order valence-corrected chi connectivity index (χ3v) is 2.73. The molecule has 6 heteroatoms. The van der Waals surface area contributed by atoms with Gasteiger partial charge in [-0.3, -0.25) is 9.13 Å².